The van der Waals surface area contributed by atoms with E-state index in [1.165, 1.54) is 13.0 Å². The number of nitrogens with one attached hydrogen (secondary N) is 1. The summed E-state index contributed by atoms with van der Waals surface area (Å²) in [5, 5.41) is 3.58. The molecule has 0 saturated carbocycles. The van der Waals surface area contributed by atoms with Gasteiger partial charge >= 0.3 is 5.97 Å². The highest BCUT2D eigenvalue weighted by Crippen LogP contribution is 2.23. The molecule has 6 heteroatoms. The Balaban J connectivity index is 2.60. The Morgan fingerprint density at radius 3 is 2.41 bits per heavy atom. The minimum absolute atomic E-state index is 0.344. The number of ether oxygens (including phenoxy) is 1. The number of amides is 1. The zero-order chi connectivity index (χ0) is 16.9. The smallest absolute Gasteiger partial charge is 0.331 e. The average molecular weight is 344 g/mol. The molecule has 1 aromatic rings. The molecule has 0 aliphatic heterocycles. The first-order valence-electron chi connectivity index (χ1n) is 6.74. The van der Waals surface area contributed by atoms with Crippen LogP contribution in [0.5, 0.6) is 0 Å². The molecule has 1 amide bonds. The summed E-state index contributed by atoms with van der Waals surface area (Å²) in [5.74, 6) is -0.952. The fraction of sp³-hybridized carbons (Fsp3) is 0.375. The molecule has 0 saturated heterocycles. The number of carbonyl (C=O) groups excluding carboxylic acids is 2. The van der Waals surface area contributed by atoms with Gasteiger partial charge in [0.25, 0.3) is 5.91 Å². The van der Waals surface area contributed by atoms with Crippen LogP contribution in [-0.4, -0.2) is 23.5 Å². The second kappa shape index (κ2) is 7.65. The van der Waals surface area contributed by atoms with Gasteiger partial charge in [-0.15, -0.1) is 0 Å². The molecule has 1 N–H and O–H groups in total. The Labute approximate surface area is 140 Å². The lowest BCUT2D eigenvalue weighted by Gasteiger charge is -2.22. The van der Waals surface area contributed by atoms with E-state index in [4.69, 9.17) is 27.9 Å². The van der Waals surface area contributed by atoms with Crippen LogP contribution in [0, 0.1) is 0 Å². The topological polar surface area (TPSA) is 55.4 Å². The largest absolute Gasteiger partial charge is 0.449 e. The van der Waals surface area contributed by atoms with Gasteiger partial charge in [-0.2, -0.15) is 0 Å². The second-order valence-electron chi connectivity index (χ2n) is 5.83. The summed E-state index contributed by atoms with van der Waals surface area (Å²) >= 11 is 11.7. The molecule has 0 spiro atoms. The van der Waals surface area contributed by atoms with Gasteiger partial charge in [0.15, 0.2) is 6.10 Å². The molecule has 0 aliphatic carbocycles. The Morgan fingerprint density at radius 1 is 1.23 bits per heavy atom. The SMILES string of the molecule is C[C@H](OC(=O)/C=C/c1ccc(Cl)c(Cl)c1)C(=O)NC(C)(C)C. The lowest BCUT2D eigenvalue weighted by atomic mass is 10.1. The number of carbonyl (C=O) groups is 2. The number of halogens is 2. The Kier molecular flexibility index (Phi) is 6.45. The van der Waals surface area contributed by atoms with E-state index in [2.05, 4.69) is 5.32 Å². The molecule has 0 unspecified atom stereocenters. The van der Waals surface area contributed by atoms with Crippen LogP contribution in [0.25, 0.3) is 6.08 Å². The van der Waals surface area contributed by atoms with Crippen LogP contribution in [0.2, 0.25) is 10.0 Å². The molecule has 0 aromatic heterocycles. The third-order valence-corrected chi connectivity index (χ3v) is 3.25. The van der Waals surface area contributed by atoms with Gasteiger partial charge in [-0.1, -0.05) is 29.3 Å². The van der Waals surface area contributed by atoms with Gasteiger partial charge in [-0.05, 0) is 51.5 Å². The zero-order valence-corrected chi connectivity index (χ0v) is 14.5. The van der Waals surface area contributed by atoms with Crippen LogP contribution in [-0.2, 0) is 14.3 Å². The van der Waals surface area contributed by atoms with Crippen molar-refractivity contribution in [2.24, 2.45) is 0 Å². The monoisotopic (exact) mass is 343 g/mol. The van der Waals surface area contributed by atoms with Crippen molar-refractivity contribution in [3.8, 4) is 0 Å². The molecule has 1 atom stereocenters. The van der Waals surface area contributed by atoms with Gasteiger partial charge in [-0.3, -0.25) is 4.79 Å². The van der Waals surface area contributed by atoms with Crippen LogP contribution in [0.4, 0.5) is 0 Å². The summed E-state index contributed by atoms with van der Waals surface area (Å²) < 4.78 is 5.04. The number of hydrogen-bond donors (Lipinski definition) is 1. The van der Waals surface area contributed by atoms with Crippen LogP contribution in [0.15, 0.2) is 24.3 Å². The summed E-state index contributed by atoms with van der Waals surface area (Å²) in [7, 11) is 0. The van der Waals surface area contributed by atoms with Gasteiger partial charge in [0.1, 0.15) is 0 Å². The Hall–Kier alpha value is -1.52. The van der Waals surface area contributed by atoms with Crippen molar-refractivity contribution in [2.45, 2.75) is 39.3 Å². The van der Waals surface area contributed by atoms with Crippen molar-refractivity contribution in [3.05, 3.63) is 39.9 Å². The molecule has 1 aromatic carbocycles. The van der Waals surface area contributed by atoms with Crippen molar-refractivity contribution < 1.29 is 14.3 Å². The van der Waals surface area contributed by atoms with Gasteiger partial charge in [0.2, 0.25) is 0 Å². The third kappa shape index (κ3) is 6.50. The van der Waals surface area contributed by atoms with Crippen molar-refractivity contribution >= 4 is 41.2 Å². The molecule has 4 nitrogen and oxygen atoms in total. The molecule has 0 bridgehead atoms. The zero-order valence-electron chi connectivity index (χ0n) is 12.9. The number of hydrogen-bond acceptors (Lipinski definition) is 3. The molecule has 0 radical (unpaired) electrons. The molecule has 0 aliphatic rings. The van der Waals surface area contributed by atoms with Crippen LogP contribution in [0.1, 0.15) is 33.3 Å². The first-order valence-corrected chi connectivity index (χ1v) is 7.50. The number of esters is 1. The molecule has 22 heavy (non-hydrogen) atoms. The highest BCUT2D eigenvalue weighted by atomic mass is 35.5. The van der Waals surface area contributed by atoms with Crippen LogP contribution >= 0.6 is 23.2 Å². The minimum Gasteiger partial charge on any atom is -0.449 e. The maximum Gasteiger partial charge on any atom is 0.331 e. The van der Waals surface area contributed by atoms with E-state index in [-0.39, 0.29) is 11.4 Å². The first-order chi connectivity index (χ1) is 10.1. The van der Waals surface area contributed by atoms with E-state index in [1.54, 1.807) is 24.3 Å². The van der Waals surface area contributed by atoms with Crippen molar-refractivity contribution in [3.63, 3.8) is 0 Å². The van der Waals surface area contributed by atoms with E-state index >= 15 is 0 Å². The van der Waals surface area contributed by atoms with Crippen molar-refractivity contribution in [1.82, 2.24) is 5.32 Å². The normalized spacial score (nSPS) is 13.0. The molecule has 1 rings (SSSR count). The summed E-state index contributed by atoms with van der Waals surface area (Å²) in [4.78, 5) is 23.5. The lowest BCUT2D eigenvalue weighted by molar-refractivity contribution is -0.150. The quantitative estimate of drug-likeness (QED) is 0.667. The average Bonchev–Trinajstić information content (AvgIpc) is 2.38. The van der Waals surface area contributed by atoms with E-state index in [9.17, 15) is 9.59 Å². The predicted octanol–water partition coefficient (Wildman–Crippen LogP) is 3.85. The maximum atomic E-state index is 11.8. The standard InChI is InChI=1S/C16H19Cl2NO3/c1-10(15(21)19-16(2,3)4)22-14(20)8-6-11-5-7-12(17)13(18)9-11/h5-10H,1-4H3,(H,19,21)/b8-6+/t10-/m0/s1. The molecule has 0 fully saturated rings. The lowest BCUT2D eigenvalue weighted by Crippen LogP contribution is -2.46. The van der Waals surface area contributed by atoms with E-state index < -0.39 is 12.1 Å². The summed E-state index contributed by atoms with van der Waals surface area (Å²) in [6.45, 7) is 7.07. The van der Waals surface area contributed by atoms with E-state index in [0.29, 0.717) is 15.6 Å². The summed E-state index contributed by atoms with van der Waals surface area (Å²) in [6, 6.07) is 4.98. The van der Waals surface area contributed by atoms with E-state index in [0.717, 1.165) is 0 Å². The van der Waals surface area contributed by atoms with Crippen LogP contribution in [0.3, 0.4) is 0 Å². The Morgan fingerprint density at radius 2 is 1.86 bits per heavy atom. The van der Waals surface area contributed by atoms with Gasteiger partial charge in [0, 0.05) is 11.6 Å². The first kappa shape index (κ1) is 18.5. The third-order valence-electron chi connectivity index (χ3n) is 2.52. The molecule has 120 valence electrons. The fourth-order valence-corrected chi connectivity index (χ4v) is 1.83. The molecular weight excluding hydrogens is 325 g/mol. The molecule has 0 heterocycles. The number of rotatable bonds is 4. The number of benzene rings is 1. The second-order valence-corrected chi connectivity index (χ2v) is 6.64. The summed E-state index contributed by atoms with van der Waals surface area (Å²) in [5.41, 5.74) is 0.325. The van der Waals surface area contributed by atoms with Crippen molar-refractivity contribution in [1.29, 1.82) is 0 Å². The maximum absolute atomic E-state index is 11.8. The van der Waals surface area contributed by atoms with E-state index in [1.807, 2.05) is 20.8 Å². The minimum atomic E-state index is -0.870. The van der Waals surface area contributed by atoms with Crippen molar-refractivity contribution in [2.75, 3.05) is 0 Å². The highest BCUT2D eigenvalue weighted by Gasteiger charge is 2.21. The highest BCUT2D eigenvalue weighted by molar-refractivity contribution is 6.42. The van der Waals surface area contributed by atoms with Gasteiger partial charge in [0.05, 0.1) is 10.0 Å². The predicted molar refractivity (Wildman–Crippen MR) is 88.9 cm³/mol. The van der Waals surface area contributed by atoms with Gasteiger partial charge < -0.3 is 10.1 Å². The molecular formula is C16H19Cl2NO3. The fourth-order valence-electron chi connectivity index (χ4n) is 1.52. The van der Waals surface area contributed by atoms with Crippen LogP contribution < -0.4 is 5.32 Å². The summed E-state index contributed by atoms with van der Waals surface area (Å²) in [6.07, 6.45) is 1.91. The Bertz CT molecular complexity index is 592. The van der Waals surface area contributed by atoms with Gasteiger partial charge in [-0.25, -0.2) is 4.79 Å².